The molecule has 0 bridgehead atoms. The molecule has 1 saturated heterocycles. The van der Waals surface area contributed by atoms with Gasteiger partial charge >= 0.3 is 7.60 Å². The highest BCUT2D eigenvalue weighted by molar-refractivity contribution is 7.55. The zero-order chi connectivity index (χ0) is 12.7. The van der Waals surface area contributed by atoms with Gasteiger partial charge in [-0.25, -0.2) is 4.67 Å². The summed E-state index contributed by atoms with van der Waals surface area (Å²) in [6.45, 7) is 8.19. The van der Waals surface area contributed by atoms with Gasteiger partial charge in [-0.15, -0.1) is 0 Å². The number of hydrogen-bond donors (Lipinski definition) is 0. The first kappa shape index (κ1) is 15.5. The zero-order valence-electron chi connectivity index (χ0n) is 10.6. The molecule has 0 spiro atoms. The summed E-state index contributed by atoms with van der Waals surface area (Å²) in [4.78, 5) is 0. The Balaban J connectivity index is 2.59. The molecular weight excluding hydrogens is 264 g/mol. The maximum Gasteiger partial charge on any atom is 0.344 e. The minimum Gasteiger partial charge on any atom is -0.319 e. The van der Waals surface area contributed by atoms with E-state index in [0.29, 0.717) is 33.0 Å². The Bertz CT molecular complexity index is 250. The van der Waals surface area contributed by atoms with Crippen LogP contribution in [0, 0.1) is 0 Å². The van der Waals surface area contributed by atoms with Gasteiger partial charge in [0.15, 0.2) is 0 Å². The fourth-order valence-corrected chi connectivity index (χ4v) is 5.01. The molecule has 1 heterocycles. The summed E-state index contributed by atoms with van der Waals surface area (Å²) in [6.07, 6.45) is 0.219. The van der Waals surface area contributed by atoms with Crippen LogP contribution in [0.4, 0.5) is 0 Å². The quantitative estimate of drug-likeness (QED) is 0.639. The maximum atomic E-state index is 12.4. The highest BCUT2D eigenvalue weighted by Gasteiger charge is 2.33. The number of rotatable bonds is 8. The first-order valence-corrected chi connectivity index (χ1v) is 8.70. The van der Waals surface area contributed by atoms with E-state index in [1.165, 1.54) is 0 Å². The van der Waals surface area contributed by atoms with Crippen molar-refractivity contribution >= 4 is 16.1 Å². The van der Waals surface area contributed by atoms with Gasteiger partial charge in [0, 0.05) is 6.54 Å². The molecule has 1 aliphatic rings. The van der Waals surface area contributed by atoms with E-state index in [4.69, 9.17) is 18.1 Å². The SMILES string of the molecule is CCOP(=O)(CN(CC)P1OCCO1)OCC. The van der Waals surface area contributed by atoms with Crippen molar-refractivity contribution in [2.75, 3.05) is 39.3 Å². The van der Waals surface area contributed by atoms with Crippen molar-refractivity contribution in [3.05, 3.63) is 0 Å². The molecule has 0 aliphatic carbocycles. The summed E-state index contributed by atoms with van der Waals surface area (Å²) in [5.41, 5.74) is 0. The smallest absolute Gasteiger partial charge is 0.319 e. The van der Waals surface area contributed by atoms with E-state index >= 15 is 0 Å². The van der Waals surface area contributed by atoms with Gasteiger partial charge in [0.25, 0.3) is 8.53 Å². The number of hydrogen-bond acceptors (Lipinski definition) is 6. The average Bonchev–Trinajstić information content (AvgIpc) is 2.80. The van der Waals surface area contributed by atoms with Gasteiger partial charge in [-0.2, -0.15) is 0 Å². The molecule has 0 unspecified atom stereocenters. The van der Waals surface area contributed by atoms with Crippen molar-refractivity contribution < 1.29 is 22.7 Å². The maximum absolute atomic E-state index is 12.4. The van der Waals surface area contributed by atoms with E-state index in [2.05, 4.69) is 0 Å². The van der Waals surface area contributed by atoms with Gasteiger partial charge in [0.05, 0.1) is 26.4 Å². The molecule has 0 N–H and O–H groups in total. The first-order valence-electron chi connectivity index (χ1n) is 5.84. The fourth-order valence-electron chi connectivity index (χ4n) is 1.41. The second-order valence-electron chi connectivity index (χ2n) is 3.31. The summed E-state index contributed by atoms with van der Waals surface area (Å²) in [6, 6.07) is 0. The summed E-state index contributed by atoms with van der Waals surface area (Å²) >= 11 is 0. The summed E-state index contributed by atoms with van der Waals surface area (Å²) in [5, 5.41) is 0. The molecule has 8 heteroatoms. The zero-order valence-corrected chi connectivity index (χ0v) is 12.4. The third kappa shape index (κ3) is 4.92. The third-order valence-electron chi connectivity index (χ3n) is 2.07. The molecule has 17 heavy (non-hydrogen) atoms. The lowest BCUT2D eigenvalue weighted by molar-refractivity contribution is 0.208. The van der Waals surface area contributed by atoms with E-state index in [1.54, 1.807) is 13.8 Å². The van der Waals surface area contributed by atoms with Crippen molar-refractivity contribution in [1.82, 2.24) is 4.67 Å². The van der Waals surface area contributed by atoms with Crippen LogP contribution in [0.2, 0.25) is 0 Å². The van der Waals surface area contributed by atoms with Crippen LogP contribution in [-0.2, 0) is 22.7 Å². The predicted octanol–water partition coefficient (Wildman–Crippen LogP) is 2.81. The lowest BCUT2D eigenvalue weighted by atomic mass is 10.8. The average molecular weight is 285 g/mol. The molecule has 0 radical (unpaired) electrons. The molecule has 102 valence electrons. The minimum atomic E-state index is -3.06. The van der Waals surface area contributed by atoms with Crippen LogP contribution in [0.15, 0.2) is 0 Å². The van der Waals surface area contributed by atoms with E-state index in [-0.39, 0.29) is 6.29 Å². The third-order valence-corrected chi connectivity index (χ3v) is 5.98. The monoisotopic (exact) mass is 285 g/mol. The molecule has 0 atom stereocenters. The molecule has 1 rings (SSSR count). The van der Waals surface area contributed by atoms with Gasteiger partial charge in [-0.1, -0.05) is 6.92 Å². The summed E-state index contributed by atoms with van der Waals surface area (Å²) in [7, 11) is -4.16. The first-order chi connectivity index (χ1) is 8.15. The minimum absolute atomic E-state index is 0.219. The van der Waals surface area contributed by atoms with Gasteiger partial charge in [0.1, 0.15) is 6.29 Å². The largest absolute Gasteiger partial charge is 0.344 e. The summed E-state index contributed by atoms with van der Waals surface area (Å²) < 4.78 is 35.6. The predicted molar refractivity (Wildman–Crippen MR) is 66.9 cm³/mol. The van der Waals surface area contributed by atoms with Crippen molar-refractivity contribution in [1.29, 1.82) is 0 Å². The Morgan fingerprint density at radius 3 is 2.12 bits per heavy atom. The molecule has 0 amide bonds. The van der Waals surface area contributed by atoms with Gasteiger partial charge < -0.3 is 18.1 Å². The standard InChI is InChI=1S/C9H21NO5P2/c1-4-10(16-12-7-8-13-16)9-17(11,14-5-2)15-6-3/h4-9H2,1-3H3. The molecule has 0 aromatic rings. The van der Waals surface area contributed by atoms with Gasteiger partial charge in [-0.05, 0) is 13.8 Å². The highest BCUT2D eigenvalue weighted by atomic mass is 31.2. The van der Waals surface area contributed by atoms with Crippen LogP contribution in [0.3, 0.4) is 0 Å². The van der Waals surface area contributed by atoms with E-state index in [9.17, 15) is 4.57 Å². The molecule has 0 saturated carbocycles. The van der Waals surface area contributed by atoms with Crippen molar-refractivity contribution in [3.63, 3.8) is 0 Å². The van der Waals surface area contributed by atoms with E-state index < -0.39 is 16.1 Å². The lowest BCUT2D eigenvalue weighted by Crippen LogP contribution is -2.21. The molecular formula is C9H21NO5P2. The van der Waals surface area contributed by atoms with Crippen LogP contribution in [0.1, 0.15) is 20.8 Å². The second-order valence-corrected chi connectivity index (χ2v) is 6.89. The van der Waals surface area contributed by atoms with Crippen molar-refractivity contribution in [2.24, 2.45) is 0 Å². The molecule has 0 aromatic carbocycles. The number of nitrogens with zero attached hydrogens (tertiary/aromatic N) is 1. The topological polar surface area (TPSA) is 57.2 Å². The molecule has 0 aromatic heterocycles. The van der Waals surface area contributed by atoms with Gasteiger partial charge in [0.2, 0.25) is 0 Å². The Morgan fingerprint density at radius 2 is 1.71 bits per heavy atom. The van der Waals surface area contributed by atoms with Crippen LogP contribution in [0.25, 0.3) is 0 Å². The van der Waals surface area contributed by atoms with Crippen LogP contribution < -0.4 is 0 Å². The van der Waals surface area contributed by atoms with E-state index in [1.807, 2.05) is 11.6 Å². The van der Waals surface area contributed by atoms with Crippen LogP contribution >= 0.6 is 16.1 Å². The fraction of sp³-hybridized carbons (Fsp3) is 1.00. The Morgan fingerprint density at radius 1 is 1.18 bits per heavy atom. The lowest BCUT2D eigenvalue weighted by Gasteiger charge is -2.27. The van der Waals surface area contributed by atoms with Crippen LogP contribution in [0.5, 0.6) is 0 Å². The van der Waals surface area contributed by atoms with Crippen molar-refractivity contribution in [3.8, 4) is 0 Å². The second kappa shape index (κ2) is 7.80. The molecule has 1 aliphatic heterocycles. The van der Waals surface area contributed by atoms with E-state index in [0.717, 1.165) is 0 Å². The molecule has 6 nitrogen and oxygen atoms in total. The summed E-state index contributed by atoms with van der Waals surface area (Å²) in [5.74, 6) is 0. The Hall–Kier alpha value is 0.460. The van der Waals surface area contributed by atoms with Crippen LogP contribution in [-0.4, -0.2) is 43.9 Å². The Kier molecular flexibility index (Phi) is 7.12. The highest BCUT2D eigenvalue weighted by Crippen LogP contribution is 2.55. The van der Waals surface area contributed by atoms with Crippen molar-refractivity contribution in [2.45, 2.75) is 20.8 Å². The Labute approximate surface area is 104 Å². The van der Waals surface area contributed by atoms with Gasteiger partial charge in [-0.3, -0.25) is 4.57 Å². The normalized spacial score (nSPS) is 18.1. The molecule has 1 fully saturated rings.